The molecule has 6 nitrogen and oxygen atoms in total. The molecule has 0 aliphatic heterocycles. The first-order valence-electron chi connectivity index (χ1n) is 9.55. The van der Waals surface area contributed by atoms with Crippen molar-refractivity contribution in [1.29, 1.82) is 0 Å². The predicted octanol–water partition coefficient (Wildman–Crippen LogP) is 3.72. The van der Waals surface area contributed by atoms with Gasteiger partial charge in [-0.2, -0.15) is 17.5 Å². The van der Waals surface area contributed by atoms with Crippen LogP contribution in [0.5, 0.6) is 5.75 Å². The standard InChI is InChI=1S/C22H21F3N2O4S/c1-27(32(29,30)20-11-8-17-4-2-3-5-18(17)12-20)14-21(28)26-13-16-6-9-19(10-7-16)31-15-22(23,24)25/h2-12H,13-15H2,1H3,(H,26,28). The van der Waals surface area contributed by atoms with Crippen molar-refractivity contribution >= 4 is 26.7 Å². The molecule has 0 aliphatic rings. The Morgan fingerprint density at radius 2 is 1.66 bits per heavy atom. The molecule has 32 heavy (non-hydrogen) atoms. The maximum absolute atomic E-state index is 12.8. The molecule has 3 aromatic rings. The third kappa shape index (κ3) is 6.21. The van der Waals surface area contributed by atoms with Crippen molar-refractivity contribution in [1.82, 2.24) is 9.62 Å². The van der Waals surface area contributed by atoms with Crippen LogP contribution in [0.25, 0.3) is 10.8 Å². The van der Waals surface area contributed by atoms with Gasteiger partial charge in [0.2, 0.25) is 15.9 Å². The molecule has 0 radical (unpaired) electrons. The summed E-state index contributed by atoms with van der Waals surface area (Å²) in [6.45, 7) is -1.69. The number of alkyl halides is 3. The summed E-state index contributed by atoms with van der Waals surface area (Å²) in [6, 6.07) is 17.9. The van der Waals surface area contributed by atoms with Crippen LogP contribution in [0.15, 0.2) is 71.6 Å². The van der Waals surface area contributed by atoms with Crippen LogP contribution in [0.3, 0.4) is 0 Å². The maximum atomic E-state index is 12.8. The van der Waals surface area contributed by atoms with E-state index in [9.17, 15) is 26.4 Å². The molecule has 0 aliphatic carbocycles. The minimum absolute atomic E-state index is 0.0543. The molecule has 1 amide bonds. The molecule has 0 fully saturated rings. The minimum Gasteiger partial charge on any atom is -0.484 e. The molecule has 3 aromatic carbocycles. The van der Waals surface area contributed by atoms with Gasteiger partial charge in [0.15, 0.2) is 6.61 Å². The van der Waals surface area contributed by atoms with Gasteiger partial charge in [0.25, 0.3) is 0 Å². The molecule has 1 N–H and O–H groups in total. The van der Waals surface area contributed by atoms with Gasteiger partial charge in [-0.3, -0.25) is 4.79 Å². The number of fused-ring (bicyclic) bond motifs is 1. The van der Waals surface area contributed by atoms with E-state index in [4.69, 9.17) is 0 Å². The number of hydrogen-bond donors (Lipinski definition) is 1. The second kappa shape index (κ2) is 9.58. The SMILES string of the molecule is CN(CC(=O)NCc1ccc(OCC(F)(F)F)cc1)S(=O)(=O)c1ccc2ccccc2c1. The van der Waals surface area contributed by atoms with Gasteiger partial charge in [0.1, 0.15) is 5.75 Å². The largest absolute Gasteiger partial charge is 0.484 e. The van der Waals surface area contributed by atoms with Gasteiger partial charge >= 0.3 is 6.18 Å². The second-order valence-electron chi connectivity index (χ2n) is 7.09. The highest BCUT2D eigenvalue weighted by atomic mass is 32.2. The fourth-order valence-electron chi connectivity index (χ4n) is 2.92. The molecule has 3 rings (SSSR count). The van der Waals surface area contributed by atoms with Crippen molar-refractivity contribution in [3.05, 3.63) is 72.3 Å². The molecular formula is C22H21F3N2O4S. The number of ether oxygens (including phenoxy) is 1. The van der Waals surface area contributed by atoms with E-state index in [0.717, 1.165) is 15.1 Å². The van der Waals surface area contributed by atoms with E-state index in [1.807, 2.05) is 18.2 Å². The van der Waals surface area contributed by atoms with Crippen LogP contribution < -0.4 is 10.1 Å². The third-order valence-electron chi connectivity index (χ3n) is 4.61. The van der Waals surface area contributed by atoms with E-state index in [1.54, 1.807) is 18.2 Å². The first-order chi connectivity index (χ1) is 15.0. The summed E-state index contributed by atoms with van der Waals surface area (Å²) < 4.78 is 67.7. The van der Waals surface area contributed by atoms with Crippen molar-refractivity contribution in [2.75, 3.05) is 20.2 Å². The van der Waals surface area contributed by atoms with Crippen LogP contribution in [-0.4, -0.2) is 45.0 Å². The van der Waals surface area contributed by atoms with Gasteiger partial charge in [-0.25, -0.2) is 8.42 Å². The highest BCUT2D eigenvalue weighted by Gasteiger charge is 2.28. The molecule has 10 heteroatoms. The lowest BCUT2D eigenvalue weighted by atomic mass is 10.1. The molecule has 0 saturated carbocycles. The summed E-state index contributed by atoms with van der Waals surface area (Å²) in [6.07, 6.45) is -4.42. The Morgan fingerprint density at radius 1 is 1.00 bits per heavy atom. The van der Waals surface area contributed by atoms with Gasteiger partial charge in [0, 0.05) is 13.6 Å². The smallest absolute Gasteiger partial charge is 0.422 e. The Labute approximate surface area is 183 Å². The first-order valence-corrected chi connectivity index (χ1v) is 11.0. The molecule has 0 atom stereocenters. The molecular weight excluding hydrogens is 445 g/mol. The Morgan fingerprint density at radius 3 is 2.31 bits per heavy atom. The fraction of sp³-hybridized carbons (Fsp3) is 0.227. The number of amides is 1. The van der Waals surface area contributed by atoms with Crippen LogP contribution in [0, 0.1) is 0 Å². The minimum atomic E-state index is -4.42. The quantitative estimate of drug-likeness (QED) is 0.549. The number of nitrogens with one attached hydrogen (secondary N) is 1. The highest BCUT2D eigenvalue weighted by molar-refractivity contribution is 7.89. The normalized spacial score (nSPS) is 12.2. The first kappa shape index (κ1) is 23.6. The third-order valence-corrected chi connectivity index (χ3v) is 6.41. The number of benzene rings is 3. The average molecular weight is 466 g/mol. The van der Waals surface area contributed by atoms with Crippen LogP contribution in [0.2, 0.25) is 0 Å². The summed E-state index contributed by atoms with van der Waals surface area (Å²) in [5, 5.41) is 4.27. The Bertz CT molecular complexity index is 1200. The Kier molecular flexibility index (Phi) is 7.05. The summed E-state index contributed by atoms with van der Waals surface area (Å²) >= 11 is 0. The van der Waals surface area contributed by atoms with Crippen LogP contribution in [0.1, 0.15) is 5.56 Å². The molecule has 0 unspecified atom stereocenters. The summed E-state index contributed by atoms with van der Waals surface area (Å²) in [5.74, 6) is -0.465. The van der Waals surface area contributed by atoms with Crippen molar-refractivity contribution < 1.29 is 31.1 Å². The number of carbonyl (C=O) groups excluding carboxylic acids is 1. The van der Waals surface area contributed by atoms with Gasteiger partial charge in [-0.15, -0.1) is 0 Å². The summed E-state index contributed by atoms with van der Waals surface area (Å²) in [7, 11) is -2.55. The zero-order valence-electron chi connectivity index (χ0n) is 17.1. The number of rotatable bonds is 8. The number of halogens is 3. The van der Waals surface area contributed by atoms with Crippen LogP contribution in [-0.2, 0) is 21.4 Å². The molecule has 170 valence electrons. The second-order valence-corrected chi connectivity index (χ2v) is 9.14. The number of carbonyl (C=O) groups is 1. The lowest BCUT2D eigenvalue weighted by Gasteiger charge is -2.17. The fourth-order valence-corrected chi connectivity index (χ4v) is 4.08. The van der Waals surface area contributed by atoms with Gasteiger partial charge in [-0.05, 0) is 40.6 Å². The molecule has 0 spiro atoms. The maximum Gasteiger partial charge on any atom is 0.422 e. The number of sulfonamides is 1. The molecule has 0 bridgehead atoms. The van der Waals surface area contributed by atoms with E-state index in [2.05, 4.69) is 10.1 Å². The molecule has 0 saturated heterocycles. The lowest BCUT2D eigenvalue weighted by Crippen LogP contribution is -2.38. The average Bonchev–Trinajstić information content (AvgIpc) is 2.76. The lowest BCUT2D eigenvalue weighted by molar-refractivity contribution is -0.153. The van der Waals surface area contributed by atoms with Gasteiger partial charge < -0.3 is 10.1 Å². The van der Waals surface area contributed by atoms with E-state index >= 15 is 0 Å². The van der Waals surface area contributed by atoms with Crippen molar-refractivity contribution in [2.45, 2.75) is 17.6 Å². The van der Waals surface area contributed by atoms with E-state index in [-0.39, 0.29) is 23.7 Å². The van der Waals surface area contributed by atoms with Crippen LogP contribution >= 0.6 is 0 Å². The van der Waals surface area contributed by atoms with E-state index < -0.39 is 28.7 Å². The topological polar surface area (TPSA) is 75.7 Å². The summed E-state index contributed by atoms with van der Waals surface area (Å²) in [5.41, 5.74) is 0.623. The number of hydrogen-bond acceptors (Lipinski definition) is 4. The summed E-state index contributed by atoms with van der Waals surface area (Å²) in [4.78, 5) is 12.3. The van der Waals surface area contributed by atoms with Gasteiger partial charge in [-0.1, -0.05) is 42.5 Å². The van der Waals surface area contributed by atoms with Crippen molar-refractivity contribution in [3.63, 3.8) is 0 Å². The monoisotopic (exact) mass is 466 g/mol. The van der Waals surface area contributed by atoms with Crippen molar-refractivity contribution in [3.8, 4) is 5.75 Å². The zero-order valence-corrected chi connectivity index (χ0v) is 17.9. The van der Waals surface area contributed by atoms with Crippen molar-refractivity contribution in [2.24, 2.45) is 0 Å². The van der Waals surface area contributed by atoms with Gasteiger partial charge in [0.05, 0.1) is 11.4 Å². The Hall–Kier alpha value is -3.11. The molecule has 0 aromatic heterocycles. The zero-order chi connectivity index (χ0) is 23.4. The Balaban J connectivity index is 1.55. The van der Waals surface area contributed by atoms with E-state index in [0.29, 0.717) is 5.56 Å². The number of nitrogens with zero attached hydrogens (tertiary/aromatic N) is 1. The number of likely N-dealkylation sites (N-methyl/N-ethyl adjacent to an activating group) is 1. The predicted molar refractivity (Wildman–Crippen MR) is 114 cm³/mol. The van der Waals surface area contributed by atoms with Crippen LogP contribution in [0.4, 0.5) is 13.2 Å². The molecule has 0 heterocycles. The van der Waals surface area contributed by atoms with E-state index in [1.165, 1.54) is 37.4 Å². The highest BCUT2D eigenvalue weighted by Crippen LogP contribution is 2.21.